The lowest BCUT2D eigenvalue weighted by Gasteiger charge is -2.06. The van der Waals surface area contributed by atoms with Crippen molar-refractivity contribution < 1.29 is 9.13 Å². The van der Waals surface area contributed by atoms with Crippen LogP contribution in [0.4, 0.5) is 10.3 Å². The number of hydrogen-bond acceptors (Lipinski definition) is 6. The molecule has 1 heterocycles. The predicted molar refractivity (Wildman–Crippen MR) is 70.2 cm³/mol. The van der Waals surface area contributed by atoms with E-state index in [0.29, 0.717) is 6.54 Å². The molecule has 0 radical (unpaired) electrons. The van der Waals surface area contributed by atoms with Crippen molar-refractivity contribution in [2.24, 2.45) is 0 Å². The summed E-state index contributed by atoms with van der Waals surface area (Å²) in [5.74, 6) is -0.264. The van der Waals surface area contributed by atoms with E-state index in [-0.39, 0.29) is 28.6 Å². The fourth-order valence-electron chi connectivity index (χ4n) is 1.37. The summed E-state index contributed by atoms with van der Waals surface area (Å²) in [5, 5.41) is 11.5. The van der Waals surface area contributed by atoms with E-state index in [4.69, 9.17) is 21.6 Å². The van der Waals surface area contributed by atoms with E-state index >= 15 is 0 Å². The predicted octanol–water partition coefficient (Wildman–Crippen LogP) is 2.76. The lowest BCUT2D eigenvalue weighted by atomic mass is 10.2. The van der Waals surface area contributed by atoms with E-state index in [1.807, 2.05) is 6.92 Å². The Labute approximate surface area is 119 Å². The summed E-state index contributed by atoms with van der Waals surface area (Å²) < 4.78 is 18.7. The maximum Gasteiger partial charge on any atom is 0.328 e. The lowest BCUT2D eigenvalue weighted by Crippen LogP contribution is -2.04. The smallest absolute Gasteiger partial charge is 0.328 e. The van der Waals surface area contributed by atoms with Crippen molar-refractivity contribution in [1.82, 2.24) is 15.0 Å². The van der Waals surface area contributed by atoms with Gasteiger partial charge in [0.05, 0.1) is 5.56 Å². The minimum absolute atomic E-state index is 0.0416. The molecule has 0 aliphatic rings. The number of nitriles is 1. The first kappa shape index (κ1) is 14.0. The van der Waals surface area contributed by atoms with Gasteiger partial charge in [0.25, 0.3) is 0 Å². The highest BCUT2D eigenvalue weighted by Crippen LogP contribution is 2.22. The van der Waals surface area contributed by atoms with Gasteiger partial charge >= 0.3 is 6.01 Å². The van der Waals surface area contributed by atoms with Gasteiger partial charge in [0.2, 0.25) is 11.2 Å². The van der Waals surface area contributed by atoms with Crippen molar-refractivity contribution in [3.63, 3.8) is 0 Å². The van der Waals surface area contributed by atoms with Crippen LogP contribution in [-0.2, 0) is 0 Å². The number of benzene rings is 1. The molecule has 0 fully saturated rings. The molecule has 0 unspecified atom stereocenters. The zero-order valence-corrected chi connectivity index (χ0v) is 11.1. The van der Waals surface area contributed by atoms with Gasteiger partial charge in [0, 0.05) is 12.6 Å². The maximum atomic E-state index is 13.4. The Kier molecular flexibility index (Phi) is 4.27. The highest BCUT2D eigenvalue weighted by atomic mass is 35.5. The van der Waals surface area contributed by atoms with Crippen LogP contribution in [-0.4, -0.2) is 21.5 Å². The summed E-state index contributed by atoms with van der Waals surface area (Å²) in [6, 6.07) is 5.47. The Balaban J connectivity index is 2.25. The zero-order valence-electron chi connectivity index (χ0n) is 10.4. The van der Waals surface area contributed by atoms with Gasteiger partial charge in [-0.25, -0.2) is 4.39 Å². The number of nitrogens with one attached hydrogen (secondary N) is 1. The zero-order chi connectivity index (χ0) is 14.5. The fraction of sp³-hybridized carbons (Fsp3) is 0.167. The van der Waals surface area contributed by atoms with Gasteiger partial charge in [0.1, 0.15) is 17.6 Å². The minimum Gasteiger partial charge on any atom is -0.424 e. The third-order valence-electron chi connectivity index (χ3n) is 2.19. The Bertz CT molecular complexity index is 673. The van der Waals surface area contributed by atoms with Crippen LogP contribution in [0.3, 0.4) is 0 Å². The molecular weight excluding hydrogens is 285 g/mol. The first-order valence-electron chi connectivity index (χ1n) is 5.65. The van der Waals surface area contributed by atoms with Gasteiger partial charge in [0.15, 0.2) is 0 Å². The summed E-state index contributed by atoms with van der Waals surface area (Å²) in [4.78, 5) is 11.6. The molecule has 0 atom stereocenters. The molecule has 1 N–H and O–H groups in total. The summed E-state index contributed by atoms with van der Waals surface area (Å²) in [6.45, 7) is 2.47. The molecule has 2 aromatic rings. The van der Waals surface area contributed by atoms with Crippen molar-refractivity contribution in [3.8, 4) is 17.8 Å². The number of hydrogen-bond donors (Lipinski definition) is 1. The quantitative estimate of drug-likeness (QED) is 0.933. The average Bonchev–Trinajstić information content (AvgIpc) is 2.38. The van der Waals surface area contributed by atoms with E-state index in [0.717, 1.165) is 6.07 Å². The highest BCUT2D eigenvalue weighted by Gasteiger charge is 2.09. The molecule has 0 aliphatic heterocycles. The van der Waals surface area contributed by atoms with Gasteiger partial charge in [-0.2, -0.15) is 20.2 Å². The topological polar surface area (TPSA) is 83.7 Å². The first-order valence-corrected chi connectivity index (χ1v) is 6.03. The molecule has 0 saturated heterocycles. The Morgan fingerprint density at radius 2 is 2.20 bits per heavy atom. The largest absolute Gasteiger partial charge is 0.424 e. The monoisotopic (exact) mass is 293 g/mol. The molecular formula is C12H9ClFN5O. The minimum atomic E-state index is -0.683. The van der Waals surface area contributed by atoms with Crippen LogP contribution < -0.4 is 10.1 Å². The number of ether oxygens (including phenoxy) is 1. The van der Waals surface area contributed by atoms with Gasteiger partial charge in [-0.3, -0.25) is 0 Å². The second kappa shape index (κ2) is 6.12. The van der Waals surface area contributed by atoms with Crippen molar-refractivity contribution in [1.29, 1.82) is 5.26 Å². The van der Waals surface area contributed by atoms with Crippen LogP contribution >= 0.6 is 11.6 Å². The lowest BCUT2D eigenvalue weighted by molar-refractivity contribution is 0.436. The Morgan fingerprint density at radius 1 is 1.40 bits per heavy atom. The van der Waals surface area contributed by atoms with E-state index < -0.39 is 5.82 Å². The van der Waals surface area contributed by atoms with Gasteiger partial charge in [-0.15, -0.1) is 0 Å². The molecule has 6 nitrogen and oxygen atoms in total. The van der Waals surface area contributed by atoms with Crippen LogP contribution in [0.15, 0.2) is 18.2 Å². The van der Waals surface area contributed by atoms with Crippen LogP contribution in [0, 0.1) is 17.1 Å². The number of rotatable bonds is 4. The van der Waals surface area contributed by atoms with Gasteiger partial charge < -0.3 is 10.1 Å². The average molecular weight is 294 g/mol. The number of aromatic nitrogens is 3. The Morgan fingerprint density at radius 3 is 2.85 bits per heavy atom. The normalized spacial score (nSPS) is 9.90. The third kappa shape index (κ3) is 3.30. The molecule has 0 aliphatic carbocycles. The standard InChI is InChI=1S/C12H9ClFN5O/c1-2-16-11-17-10(13)18-12(19-11)20-8-4-3-7(6-15)9(14)5-8/h3-5H,2H2,1H3,(H,16,17,18,19). The fourth-order valence-corrected chi connectivity index (χ4v) is 1.52. The summed E-state index contributed by atoms with van der Waals surface area (Å²) in [6.07, 6.45) is 0. The molecule has 0 amide bonds. The number of nitrogens with zero attached hydrogens (tertiary/aromatic N) is 4. The van der Waals surface area contributed by atoms with Crippen LogP contribution in [0.1, 0.15) is 12.5 Å². The van der Waals surface area contributed by atoms with Crippen molar-refractivity contribution in [3.05, 3.63) is 34.9 Å². The molecule has 20 heavy (non-hydrogen) atoms. The van der Waals surface area contributed by atoms with Gasteiger partial charge in [-0.1, -0.05) is 0 Å². The molecule has 0 saturated carbocycles. The van der Waals surface area contributed by atoms with Crippen molar-refractivity contribution in [2.45, 2.75) is 6.92 Å². The summed E-state index contributed by atoms with van der Waals surface area (Å²) >= 11 is 5.73. The highest BCUT2D eigenvalue weighted by molar-refractivity contribution is 6.28. The second-order valence-electron chi connectivity index (χ2n) is 3.60. The summed E-state index contributed by atoms with van der Waals surface area (Å²) in [7, 11) is 0. The van der Waals surface area contributed by atoms with Crippen LogP contribution in [0.25, 0.3) is 0 Å². The van der Waals surface area contributed by atoms with E-state index in [9.17, 15) is 4.39 Å². The van der Waals surface area contributed by atoms with Gasteiger partial charge in [-0.05, 0) is 30.7 Å². The molecule has 1 aromatic heterocycles. The van der Waals surface area contributed by atoms with E-state index in [1.165, 1.54) is 12.1 Å². The summed E-state index contributed by atoms with van der Waals surface area (Å²) in [5.41, 5.74) is -0.0700. The molecule has 0 bridgehead atoms. The van der Waals surface area contributed by atoms with Crippen molar-refractivity contribution in [2.75, 3.05) is 11.9 Å². The molecule has 1 aromatic carbocycles. The number of anilines is 1. The molecule has 2 rings (SSSR count). The maximum absolute atomic E-state index is 13.4. The van der Waals surface area contributed by atoms with Crippen LogP contribution in [0.2, 0.25) is 5.28 Å². The van der Waals surface area contributed by atoms with Crippen LogP contribution in [0.5, 0.6) is 11.8 Å². The van der Waals surface area contributed by atoms with E-state index in [2.05, 4.69) is 20.3 Å². The SMILES string of the molecule is CCNc1nc(Cl)nc(Oc2ccc(C#N)c(F)c2)n1. The molecule has 8 heteroatoms. The van der Waals surface area contributed by atoms with Crippen molar-refractivity contribution >= 4 is 17.5 Å². The molecule has 102 valence electrons. The third-order valence-corrected chi connectivity index (χ3v) is 2.36. The van der Waals surface area contributed by atoms with E-state index in [1.54, 1.807) is 6.07 Å². The first-order chi connectivity index (χ1) is 9.62. The Hall–Kier alpha value is -2.46. The number of halogens is 2. The second-order valence-corrected chi connectivity index (χ2v) is 3.93. The molecule has 0 spiro atoms.